The van der Waals surface area contributed by atoms with Gasteiger partial charge in [-0.3, -0.25) is 4.79 Å². The van der Waals surface area contributed by atoms with Crippen LogP contribution in [0.3, 0.4) is 0 Å². The van der Waals surface area contributed by atoms with Gasteiger partial charge in [0.25, 0.3) is 5.91 Å². The lowest BCUT2D eigenvalue weighted by Crippen LogP contribution is -2.32. The molecule has 0 aliphatic rings. The van der Waals surface area contributed by atoms with E-state index >= 15 is 0 Å². The molecule has 0 bridgehead atoms. The summed E-state index contributed by atoms with van der Waals surface area (Å²) in [4.78, 5) is 17.4. The highest BCUT2D eigenvalue weighted by molar-refractivity contribution is 5.92. The van der Waals surface area contributed by atoms with E-state index in [1.165, 1.54) is 12.3 Å². The minimum Gasteiger partial charge on any atom is -0.337 e. The molecule has 0 N–H and O–H groups in total. The first kappa shape index (κ1) is 12.7. The highest BCUT2D eigenvalue weighted by Crippen LogP contribution is 2.04. The van der Waals surface area contributed by atoms with Crippen LogP contribution in [0.5, 0.6) is 0 Å². The van der Waals surface area contributed by atoms with Gasteiger partial charge in [-0.05, 0) is 19.1 Å². The van der Waals surface area contributed by atoms with Crippen molar-refractivity contribution >= 4 is 5.91 Å². The van der Waals surface area contributed by atoms with Crippen molar-refractivity contribution in [3.05, 3.63) is 29.6 Å². The van der Waals surface area contributed by atoms with Crippen molar-refractivity contribution in [2.75, 3.05) is 13.1 Å². The van der Waals surface area contributed by atoms with Crippen LogP contribution in [0.25, 0.3) is 0 Å². The number of hydrogen-bond donors (Lipinski definition) is 0. The van der Waals surface area contributed by atoms with Gasteiger partial charge in [0.05, 0.1) is 18.1 Å². The molecule has 1 aromatic heterocycles. The molecule has 0 aromatic carbocycles. The van der Waals surface area contributed by atoms with Crippen molar-refractivity contribution in [1.82, 2.24) is 9.88 Å². The molecule has 1 rings (SSSR count). The first-order valence-electron chi connectivity index (χ1n) is 5.25. The molecular weight excluding hydrogens is 216 g/mol. The van der Waals surface area contributed by atoms with Crippen LogP contribution < -0.4 is 0 Å². The van der Waals surface area contributed by atoms with Crippen molar-refractivity contribution < 1.29 is 4.79 Å². The lowest BCUT2D eigenvalue weighted by molar-refractivity contribution is 0.0762. The average molecular weight is 228 g/mol. The molecule has 0 spiro atoms. The average Bonchev–Trinajstić information content (AvgIpc) is 2.39. The molecule has 0 aliphatic heterocycles. The zero-order chi connectivity index (χ0) is 12.7. The largest absolute Gasteiger partial charge is 0.337 e. The fourth-order valence-corrected chi connectivity index (χ4v) is 1.34. The molecule has 0 saturated carbocycles. The third kappa shape index (κ3) is 3.29. The maximum Gasteiger partial charge on any atom is 0.272 e. The van der Waals surface area contributed by atoms with Gasteiger partial charge in [-0.2, -0.15) is 10.5 Å². The number of rotatable bonds is 4. The van der Waals surface area contributed by atoms with Gasteiger partial charge in [-0.1, -0.05) is 0 Å². The van der Waals surface area contributed by atoms with Crippen LogP contribution in [-0.2, 0) is 0 Å². The number of nitriles is 2. The molecular formula is C12H12N4O. The second-order valence-corrected chi connectivity index (χ2v) is 3.34. The molecule has 0 atom stereocenters. The predicted octanol–water partition coefficient (Wildman–Crippen LogP) is 1.33. The molecule has 1 amide bonds. The summed E-state index contributed by atoms with van der Waals surface area (Å²) in [5.74, 6) is -0.216. The van der Waals surface area contributed by atoms with Gasteiger partial charge in [0.1, 0.15) is 11.8 Å². The minimum atomic E-state index is -0.216. The number of carbonyl (C=O) groups is 1. The van der Waals surface area contributed by atoms with E-state index in [-0.39, 0.29) is 5.91 Å². The summed E-state index contributed by atoms with van der Waals surface area (Å²) in [6, 6.07) is 7.02. The fraction of sp³-hybridized carbons (Fsp3) is 0.333. The number of nitrogens with zero attached hydrogens (tertiary/aromatic N) is 4. The summed E-state index contributed by atoms with van der Waals surface area (Å²) in [5.41, 5.74) is 0.713. The Morgan fingerprint density at radius 1 is 1.47 bits per heavy atom. The molecule has 1 aromatic rings. The Bertz CT molecular complexity index is 467. The Morgan fingerprint density at radius 2 is 2.24 bits per heavy atom. The Morgan fingerprint density at radius 3 is 2.71 bits per heavy atom. The summed E-state index contributed by atoms with van der Waals surface area (Å²) in [6.07, 6.45) is 1.67. The molecule has 0 fully saturated rings. The number of aromatic nitrogens is 1. The molecule has 0 unspecified atom stereocenters. The summed E-state index contributed by atoms with van der Waals surface area (Å²) in [7, 11) is 0. The summed E-state index contributed by atoms with van der Waals surface area (Å²) < 4.78 is 0. The molecule has 1 heterocycles. The van der Waals surface area contributed by atoms with Crippen LogP contribution in [0.15, 0.2) is 18.3 Å². The van der Waals surface area contributed by atoms with Crippen LogP contribution in [0.2, 0.25) is 0 Å². The Balaban J connectivity index is 2.80. The highest BCUT2D eigenvalue weighted by atomic mass is 16.2. The van der Waals surface area contributed by atoms with Crippen molar-refractivity contribution in [3.8, 4) is 12.1 Å². The molecule has 5 heteroatoms. The summed E-state index contributed by atoms with van der Waals surface area (Å²) in [5, 5.41) is 17.1. The lowest BCUT2D eigenvalue weighted by atomic mass is 10.2. The number of amides is 1. The molecule has 0 radical (unpaired) electrons. The second kappa shape index (κ2) is 6.24. The van der Waals surface area contributed by atoms with Gasteiger partial charge < -0.3 is 4.90 Å². The van der Waals surface area contributed by atoms with Gasteiger partial charge in [-0.15, -0.1) is 0 Å². The highest BCUT2D eigenvalue weighted by Gasteiger charge is 2.14. The van der Waals surface area contributed by atoms with E-state index in [1.807, 2.05) is 19.1 Å². The van der Waals surface area contributed by atoms with Crippen LogP contribution >= 0.6 is 0 Å². The van der Waals surface area contributed by atoms with E-state index in [0.717, 1.165) is 0 Å². The SMILES string of the molecule is CCN(CCC#N)C(=O)c1ccc(C#N)cn1. The van der Waals surface area contributed by atoms with Crippen LogP contribution in [0, 0.1) is 22.7 Å². The molecule has 5 nitrogen and oxygen atoms in total. The van der Waals surface area contributed by atoms with Crippen LogP contribution in [0.1, 0.15) is 29.4 Å². The zero-order valence-corrected chi connectivity index (χ0v) is 9.55. The summed E-state index contributed by atoms with van der Waals surface area (Å²) >= 11 is 0. The smallest absolute Gasteiger partial charge is 0.272 e. The molecule has 17 heavy (non-hydrogen) atoms. The number of hydrogen-bond acceptors (Lipinski definition) is 4. The minimum absolute atomic E-state index is 0.216. The van der Waals surface area contributed by atoms with E-state index in [4.69, 9.17) is 10.5 Å². The predicted molar refractivity (Wildman–Crippen MR) is 60.8 cm³/mol. The van der Waals surface area contributed by atoms with Gasteiger partial charge in [0.15, 0.2) is 0 Å². The zero-order valence-electron chi connectivity index (χ0n) is 9.55. The monoisotopic (exact) mass is 228 g/mol. The first-order valence-corrected chi connectivity index (χ1v) is 5.25. The molecule has 86 valence electrons. The topological polar surface area (TPSA) is 80.8 Å². The fourth-order valence-electron chi connectivity index (χ4n) is 1.34. The van der Waals surface area contributed by atoms with E-state index < -0.39 is 0 Å². The van der Waals surface area contributed by atoms with Gasteiger partial charge in [0, 0.05) is 19.3 Å². The third-order valence-corrected chi connectivity index (χ3v) is 2.27. The van der Waals surface area contributed by atoms with E-state index in [0.29, 0.717) is 30.8 Å². The first-order chi connectivity index (χ1) is 8.22. The van der Waals surface area contributed by atoms with E-state index in [2.05, 4.69) is 4.98 Å². The summed E-state index contributed by atoms with van der Waals surface area (Å²) in [6.45, 7) is 2.77. The van der Waals surface area contributed by atoms with Crippen molar-refractivity contribution in [2.24, 2.45) is 0 Å². The quantitative estimate of drug-likeness (QED) is 0.778. The van der Waals surface area contributed by atoms with Gasteiger partial charge in [0.2, 0.25) is 0 Å². The van der Waals surface area contributed by atoms with Crippen molar-refractivity contribution in [2.45, 2.75) is 13.3 Å². The van der Waals surface area contributed by atoms with Gasteiger partial charge in [-0.25, -0.2) is 4.98 Å². The Kier molecular flexibility index (Phi) is 4.65. The lowest BCUT2D eigenvalue weighted by Gasteiger charge is -2.18. The molecule has 0 saturated heterocycles. The molecule has 0 aliphatic carbocycles. The maximum absolute atomic E-state index is 12.0. The number of carbonyl (C=O) groups excluding carboxylic acids is 1. The van der Waals surface area contributed by atoms with E-state index in [1.54, 1.807) is 11.0 Å². The normalized spacial score (nSPS) is 9.12. The number of pyridine rings is 1. The Hall–Kier alpha value is -2.40. The van der Waals surface area contributed by atoms with Gasteiger partial charge >= 0.3 is 0 Å². The van der Waals surface area contributed by atoms with Crippen LogP contribution in [0.4, 0.5) is 0 Å². The Labute approximate surface area is 99.9 Å². The maximum atomic E-state index is 12.0. The second-order valence-electron chi connectivity index (χ2n) is 3.34. The van der Waals surface area contributed by atoms with Crippen molar-refractivity contribution in [3.63, 3.8) is 0 Å². The standard InChI is InChI=1S/C12H12N4O/c1-2-16(7-3-6-13)12(17)11-5-4-10(8-14)9-15-11/h4-5,9H,2-3,7H2,1H3. The third-order valence-electron chi connectivity index (χ3n) is 2.27. The van der Waals surface area contributed by atoms with E-state index in [9.17, 15) is 4.79 Å². The van der Waals surface area contributed by atoms with Crippen molar-refractivity contribution in [1.29, 1.82) is 10.5 Å². The van der Waals surface area contributed by atoms with Crippen LogP contribution in [-0.4, -0.2) is 28.9 Å².